The van der Waals surface area contributed by atoms with Crippen LogP contribution in [0.2, 0.25) is 0 Å². The van der Waals surface area contributed by atoms with Gasteiger partial charge in [0.2, 0.25) is 0 Å². The van der Waals surface area contributed by atoms with Gasteiger partial charge in [-0.15, -0.1) is 0 Å². The molecule has 0 aromatic rings. The Bertz CT molecular complexity index is 419. The summed E-state index contributed by atoms with van der Waals surface area (Å²) in [4.78, 5) is 11.6. The van der Waals surface area contributed by atoms with Gasteiger partial charge in [-0.3, -0.25) is 4.55 Å². The zero-order chi connectivity index (χ0) is 15.4. The Morgan fingerprint density at radius 2 is 1.80 bits per heavy atom. The summed E-state index contributed by atoms with van der Waals surface area (Å²) in [5.41, 5.74) is -0.503. The summed E-state index contributed by atoms with van der Waals surface area (Å²) in [7, 11) is -3.87. The summed E-state index contributed by atoms with van der Waals surface area (Å²) in [5.74, 6) is 0.121. The van der Waals surface area contributed by atoms with E-state index in [2.05, 4.69) is 5.32 Å². The van der Waals surface area contributed by atoms with Crippen molar-refractivity contribution in [3.8, 4) is 0 Å². The molecular weight excluding hydrogens is 282 g/mol. The minimum atomic E-state index is -3.87. The van der Waals surface area contributed by atoms with Gasteiger partial charge in [-0.1, -0.05) is 0 Å². The fourth-order valence-corrected chi connectivity index (χ4v) is 3.02. The lowest BCUT2D eigenvalue weighted by molar-refractivity contribution is 0.0487. The summed E-state index contributed by atoms with van der Waals surface area (Å²) < 4.78 is 35.3. The lowest BCUT2D eigenvalue weighted by atomic mass is 9.84. The molecule has 1 aliphatic rings. The molecular formula is C13H25NO5S. The highest BCUT2D eigenvalue weighted by molar-refractivity contribution is 7.85. The predicted octanol–water partition coefficient (Wildman–Crippen LogP) is 2.35. The Balaban J connectivity index is 2.27. The molecule has 118 valence electrons. The monoisotopic (exact) mass is 307 g/mol. The molecule has 0 atom stereocenters. The van der Waals surface area contributed by atoms with Gasteiger partial charge in [0.15, 0.2) is 0 Å². The van der Waals surface area contributed by atoms with Crippen LogP contribution >= 0.6 is 0 Å². The van der Waals surface area contributed by atoms with Crippen LogP contribution < -0.4 is 5.32 Å². The maximum absolute atomic E-state index is 11.6. The Labute approximate surface area is 121 Å². The Morgan fingerprint density at radius 1 is 1.25 bits per heavy atom. The van der Waals surface area contributed by atoms with Gasteiger partial charge >= 0.3 is 6.09 Å². The van der Waals surface area contributed by atoms with Crippen LogP contribution in [0, 0.1) is 5.92 Å². The van der Waals surface area contributed by atoms with Crippen LogP contribution in [0.15, 0.2) is 0 Å². The van der Waals surface area contributed by atoms with E-state index in [1.807, 2.05) is 20.8 Å². The molecule has 0 bridgehead atoms. The number of hydrogen-bond acceptors (Lipinski definition) is 4. The van der Waals surface area contributed by atoms with Gasteiger partial charge in [-0.25, -0.2) is 4.79 Å². The smallest absolute Gasteiger partial charge is 0.407 e. The molecule has 2 N–H and O–H groups in total. The zero-order valence-electron chi connectivity index (χ0n) is 12.4. The third-order valence-corrected chi connectivity index (χ3v) is 4.10. The number of rotatable bonds is 4. The van der Waals surface area contributed by atoms with Crippen molar-refractivity contribution in [2.75, 3.05) is 5.75 Å². The fourth-order valence-electron chi connectivity index (χ4n) is 2.39. The lowest BCUT2D eigenvalue weighted by Crippen LogP contribution is -2.41. The minimum Gasteiger partial charge on any atom is -0.444 e. The maximum atomic E-state index is 11.6. The largest absolute Gasteiger partial charge is 0.444 e. The molecule has 1 rings (SSSR count). The summed E-state index contributed by atoms with van der Waals surface area (Å²) in [6.07, 6.45) is 3.42. The maximum Gasteiger partial charge on any atom is 0.407 e. The van der Waals surface area contributed by atoms with Gasteiger partial charge < -0.3 is 10.1 Å². The molecule has 1 saturated carbocycles. The highest BCUT2D eigenvalue weighted by Gasteiger charge is 2.25. The minimum absolute atomic E-state index is 0.0897. The number of carbonyl (C=O) groups is 1. The molecule has 0 heterocycles. The third kappa shape index (κ3) is 7.69. The molecule has 20 heavy (non-hydrogen) atoms. The van der Waals surface area contributed by atoms with Crippen molar-refractivity contribution in [2.45, 2.75) is 64.5 Å². The predicted molar refractivity (Wildman–Crippen MR) is 76.1 cm³/mol. The quantitative estimate of drug-likeness (QED) is 0.778. The highest BCUT2D eigenvalue weighted by Crippen LogP contribution is 2.27. The SMILES string of the molecule is CC(C)(C)OC(=O)NC1CCC(CCS(=O)(=O)O)CC1. The van der Waals surface area contributed by atoms with E-state index in [0.717, 1.165) is 25.7 Å². The molecule has 6 nitrogen and oxygen atoms in total. The van der Waals surface area contributed by atoms with Crippen LogP contribution in [0.25, 0.3) is 0 Å². The number of hydrogen-bond donors (Lipinski definition) is 2. The van der Waals surface area contributed by atoms with Crippen molar-refractivity contribution < 1.29 is 22.5 Å². The zero-order valence-corrected chi connectivity index (χ0v) is 13.2. The molecule has 0 unspecified atom stereocenters. The van der Waals surface area contributed by atoms with E-state index in [4.69, 9.17) is 9.29 Å². The summed E-state index contributed by atoms with van der Waals surface area (Å²) >= 11 is 0. The molecule has 1 amide bonds. The lowest BCUT2D eigenvalue weighted by Gasteiger charge is -2.29. The van der Waals surface area contributed by atoms with E-state index in [-0.39, 0.29) is 11.8 Å². The third-order valence-electron chi connectivity index (χ3n) is 3.35. The first kappa shape index (κ1) is 17.2. The second-order valence-electron chi connectivity index (χ2n) is 6.44. The van der Waals surface area contributed by atoms with Gasteiger partial charge in [0, 0.05) is 6.04 Å². The van der Waals surface area contributed by atoms with E-state index in [1.54, 1.807) is 0 Å². The van der Waals surface area contributed by atoms with Crippen molar-refractivity contribution in [1.82, 2.24) is 5.32 Å². The van der Waals surface area contributed by atoms with Gasteiger partial charge in [0.05, 0.1) is 5.75 Å². The second-order valence-corrected chi connectivity index (χ2v) is 8.01. The molecule has 1 aliphatic carbocycles. The highest BCUT2D eigenvalue weighted by atomic mass is 32.2. The molecule has 0 aromatic carbocycles. The molecule has 0 radical (unpaired) electrons. The van der Waals surface area contributed by atoms with E-state index in [1.165, 1.54) is 0 Å². The molecule has 1 fully saturated rings. The van der Waals surface area contributed by atoms with E-state index < -0.39 is 21.8 Å². The average molecular weight is 307 g/mol. The van der Waals surface area contributed by atoms with Crippen molar-refractivity contribution in [1.29, 1.82) is 0 Å². The van der Waals surface area contributed by atoms with Crippen molar-refractivity contribution in [3.05, 3.63) is 0 Å². The Kier molecular flexibility index (Phi) is 5.82. The van der Waals surface area contributed by atoms with Crippen LogP contribution in [0.4, 0.5) is 4.79 Å². The van der Waals surface area contributed by atoms with Crippen LogP contribution in [-0.2, 0) is 14.9 Å². The number of amides is 1. The first-order valence-corrected chi connectivity index (χ1v) is 8.61. The fraction of sp³-hybridized carbons (Fsp3) is 0.923. The number of carbonyl (C=O) groups excluding carboxylic acids is 1. The second kappa shape index (κ2) is 6.76. The van der Waals surface area contributed by atoms with Crippen LogP contribution in [0.5, 0.6) is 0 Å². The van der Waals surface area contributed by atoms with Crippen molar-refractivity contribution in [2.24, 2.45) is 5.92 Å². The van der Waals surface area contributed by atoms with Crippen LogP contribution in [0.1, 0.15) is 52.9 Å². The molecule has 0 spiro atoms. The molecule has 7 heteroatoms. The van der Waals surface area contributed by atoms with Crippen molar-refractivity contribution in [3.63, 3.8) is 0 Å². The summed E-state index contributed by atoms with van der Waals surface area (Å²) in [5, 5.41) is 2.84. The van der Waals surface area contributed by atoms with Gasteiger partial charge in [0.1, 0.15) is 5.60 Å². The van der Waals surface area contributed by atoms with Crippen LogP contribution in [-0.4, -0.2) is 36.5 Å². The number of ether oxygens (including phenoxy) is 1. The topological polar surface area (TPSA) is 92.7 Å². The van der Waals surface area contributed by atoms with Gasteiger partial charge in [0.25, 0.3) is 10.1 Å². The Hall–Kier alpha value is -0.820. The van der Waals surface area contributed by atoms with E-state index in [0.29, 0.717) is 12.3 Å². The van der Waals surface area contributed by atoms with E-state index >= 15 is 0 Å². The number of alkyl carbamates (subject to hydrolysis) is 1. The normalized spacial score (nSPS) is 24.2. The van der Waals surface area contributed by atoms with Crippen molar-refractivity contribution >= 4 is 16.2 Å². The van der Waals surface area contributed by atoms with Gasteiger partial charge in [-0.2, -0.15) is 8.42 Å². The number of nitrogens with one attached hydrogen (secondary N) is 1. The first-order valence-electron chi connectivity index (χ1n) is 7.00. The summed E-state index contributed by atoms with van der Waals surface area (Å²) in [6.45, 7) is 5.45. The van der Waals surface area contributed by atoms with E-state index in [9.17, 15) is 13.2 Å². The Morgan fingerprint density at radius 3 is 2.25 bits per heavy atom. The standard InChI is InChI=1S/C13H25NO5S/c1-13(2,3)19-12(15)14-11-6-4-10(5-7-11)8-9-20(16,17)18/h10-11H,4-9H2,1-3H3,(H,14,15)(H,16,17,18). The molecule has 0 saturated heterocycles. The summed E-state index contributed by atoms with van der Waals surface area (Å²) in [6, 6.07) is 0.0897. The average Bonchev–Trinajstić information content (AvgIpc) is 2.24. The molecule has 0 aromatic heterocycles. The van der Waals surface area contributed by atoms with Gasteiger partial charge in [-0.05, 0) is 58.8 Å². The first-order chi connectivity index (χ1) is 9.05. The molecule has 0 aliphatic heterocycles. The van der Waals surface area contributed by atoms with Crippen LogP contribution in [0.3, 0.4) is 0 Å².